The fourth-order valence-electron chi connectivity index (χ4n) is 2.54. The molecule has 0 spiro atoms. The van der Waals surface area contributed by atoms with Crippen LogP contribution in [0.5, 0.6) is 0 Å². The maximum absolute atomic E-state index is 4.28. The van der Waals surface area contributed by atoms with Crippen molar-refractivity contribution in [2.75, 3.05) is 11.9 Å². The van der Waals surface area contributed by atoms with Gasteiger partial charge in [0.2, 0.25) is 0 Å². The molecule has 2 rings (SSSR count). The molecule has 2 atom stereocenters. The van der Waals surface area contributed by atoms with Gasteiger partial charge in [-0.05, 0) is 30.6 Å². The van der Waals surface area contributed by atoms with Crippen molar-refractivity contribution in [3.05, 3.63) is 18.1 Å². The summed E-state index contributed by atoms with van der Waals surface area (Å²) in [5, 5.41) is 3.45. The van der Waals surface area contributed by atoms with Crippen LogP contribution in [0, 0.1) is 11.8 Å². The molecule has 1 heterocycles. The molecule has 3 nitrogen and oxygen atoms in total. The summed E-state index contributed by atoms with van der Waals surface area (Å²) < 4.78 is 0. The highest BCUT2D eigenvalue weighted by Gasteiger charge is 2.20. The van der Waals surface area contributed by atoms with Crippen LogP contribution in [0.1, 0.15) is 51.6 Å². The number of nitrogens with one attached hydrogen (secondary N) is 1. The summed E-state index contributed by atoms with van der Waals surface area (Å²) in [6.07, 6.45) is 5.76. The lowest BCUT2D eigenvalue weighted by Crippen LogP contribution is -2.12. The third-order valence-electron chi connectivity index (χ3n) is 3.66. The zero-order valence-corrected chi connectivity index (χ0v) is 11.1. The normalized spacial score (nSPS) is 24.2. The molecule has 3 heteroatoms. The largest absolute Gasteiger partial charge is 0.370 e. The summed E-state index contributed by atoms with van der Waals surface area (Å²) in [7, 11) is 0. The van der Waals surface area contributed by atoms with Crippen molar-refractivity contribution in [3.63, 3.8) is 0 Å². The predicted octanol–water partition coefficient (Wildman–Crippen LogP) is 3.45. The van der Waals surface area contributed by atoms with E-state index < -0.39 is 0 Å². The van der Waals surface area contributed by atoms with E-state index in [0.717, 1.165) is 29.9 Å². The van der Waals surface area contributed by atoms with Crippen LogP contribution < -0.4 is 5.32 Å². The smallest absolute Gasteiger partial charge is 0.129 e. The Morgan fingerprint density at radius 2 is 2.18 bits per heavy atom. The second kappa shape index (κ2) is 5.48. The summed E-state index contributed by atoms with van der Waals surface area (Å²) in [5.74, 6) is 3.16. The van der Waals surface area contributed by atoms with E-state index >= 15 is 0 Å². The number of hydrogen-bond donors (Lipinski definition) is 1. The maximum Gasteiger partial charge on any atom is 0.129 e. The molecule has 1 aliphatic rings. The first-order valence-electron chi connectivity index (χ1n) is 6.71. The molecular formula is C14H23N3. The summed E-state index contributed by atoms with van der Waals surface area (Å²) in [4.78, 5) is 8.56. The molecule has 1 fully saturated rings. The second-order valence-corrected chi connectivity index (χ2v) is 5.65. The zero-order chi connectivity index (χ0) is 12.3. The average Bonchev–Trinajstić information content (AvgIpc) is 2.73. The molecule has 0 aliphatic heterocycles. The molecule has 2 unspecified atom stereocenters. The third kappa shape index (κ3) is 3.42. The lowest BCUT2D eigenvalue weighted by molar-refractivity contribution is 0.536. The van der Waals surface area contributed by atoms with Crippen molar-refractivity contribution in [2.24, 2.45) is 11.8 Å². The van der Waals surface area contributed by atoms with Gasteiger partial charge < -0.3 is 5.32 Å². The van der Waals surface area contributed by atoms with Crippen LogP contribution in [0.3, 0.4) is 0 Å². The van der Waals surface area contributed by atoms with Gasteiger partial charge in [0.1, 0.15) is 12.1 Å². The Morgan fingerprint density at radius 1 is 1.35 bits per heavy atom. The van der Waals surface area contributed by atoms with Crippen molar-refractivity contribution in [1.29, 1.82) is 0 Å². The van der Waals surface area contributed by atoms with Gasteiger partial charge in [0.25, 0.3) is 0 Å². The first kappa shape index (κ1) is 12.3. The van der Waals surface area contributed by atoms with Gasteiger partial charge in [0.15, 0.2) is 0 Å². The van der Waals surface area contributed by atoms with Gasteiger partial charge in [-0.2, -0.15) is 0 Å². The van der Waals surface area contributed by atoms with Crippen LogP contribution in [-0.2, 0) is 0 Å². The number of anilines is 1. The molecule has 1 aromatic heterocycles. The summed E-state index contributed by atoms with van der Waals surface area (Å²) >= 11 is 0. The van der Waals surface area contributed by atoms with E-state index in [1.54, 1.807) is 6.33 Å². The minimum absolute atomic E-state index is 0.463. The summed E-state index contributed by atoms with van der Waals surface area (Å²) in [5.41, 5.74) is 1.11. The minimum atomic E-state index is 0.463. The Kier molecular flexibility index (Phi) is 3.97. The predicted molar refractivity (Wildman–Crippen MR) is 71.1 cm³/mol. The molecule has 1 saturated carbocycles. The first-order valence-corrected chi connectivity index (χ1v) is 6.71. The molecule has 0 radical (unpaired) electrons. The first-order chi connectivity index (χ1) is 8.15. The highest BCUT2D eigenvalue weighted by atomic mass is 15.0. The summed E-state index contributed by atoms with van der Waals surface area (Å²) in [6.45, 7) is 7.72. The van der Waals surface area contributed by atoms with E-state index in [0.29, 0.717) is 5.92 Å². The van der Waals surface area contributed by atoms with Crippen LogP contribution in [0.15, 0.2) is 12.4 Å². The topological polar surface area (TPSA) is 37.8 Å². The van der Waals surface area contributed by atoms with Gasteiger partial charge in [0.05, 0.1) is 0 Å². The Balaban J connectivity index is 1.88. The van der Waals surface area contributed by atoms with Crippen LogP contribution in [0.25, 0.3) is 0 Å². The van der Waals surface area contributed by atoms with Crippen LogP contribution >= 0.6 is 0 Å². The fourth-order valence-corrected chi connectivity index (χ4v) is 2.54. The van der Waals surface area contributed by atoms with Crippen molar-refractivity contribution < 1.29 is 0 Å². The van der Waals surface area contributed by atoms with E-state index in [2.05, 4.69) is 42.1 Å². The number of hydrogen-bond acceptors (Lipinski definition) is 3. The highest BCUT2D eigenvalue weighted by molar-refractivity contribution is 5.35. The van der Waals surface area contributed by atoms with Crippen molar-refractivity contribution in [1.82, 2.24) is 9.97 Å². The molecule has 1 aliphatic carbocycles. The van der Waals surface area contributed by atoms with Crippen LogP contribution in [0.2, 0.25) is 0 Å². The Labute approximate surface area is 104 Å². The standard InChI is InChI=1S/C14H23N3/c1-10(2)13-7-14(17-9-16-13)15-8-12-5-4-11(3)6-12/h7,9-12H,4-6,8H2,1-3H3,(H,15,16,17). The number of nitrogens with zero attached hydrogens (tertiary/aromatic N) is 2. The van der Waals surface area contributed by atoms with Crippen LogP contribution in [-0.4, -0.2) is 16.5 Å². The van der Waals surface area contributed by atoms with Gasteiger partial charge in [0, 0.05) is 18.3 Å². The molecule has 0 amide bonds. The molecule has 94 valence electrons. The van der Waals surface area contributed by atoms with E-state index in [-0.39, 0.29) is 0 Å². The van der Waals surface area contributed by atoms with E-state index in [1.807, 2.05) is 0 Å². The van der Waals surface area contributed by atoms with Gasteiger partial charge in [-0.15, -0.1) is 0 Å². The number of aromatic nitrogens is 2. The van der Waals surface area contributed by atoms with E-state index in [1.165, 1.54) is 19.3 Å². The second-order valence-electron chi connectivity index (χ2n) is 5.65. The lowest BCUT2D eigenvalue weighted by atomic mass is 10.1. The fraction of sp³-hybridized carbons (Fsp3) is 0.714. The molecule has 1 aromatic rings. The molecule has 0 aromatic carbocycles. The Hall–Kier alpha value is -1.12. The minimum Gasteiger partial charge on any atom is -0.370 e. The van der Waals surface area contributed by atoms with E-state index in [4.69, 9.17) is 0 Å². The van der Waals surface area contributed by atoms with Gasteiger partial charge in [-0.3, -0.25) is 0 Å². The van der Waals surface area contributed by atoms with Crippen LogP contribution in [0.4, 0.5) is 5.82 Å². The van der Waals surface area contributed by atoms with Gasteiger partial charge in [-0.1, -0.05) is 27.2 Å². The van der Waals surface area contributed by atoms with Crippen molar-refractivity contribution in [2.45, 2.75) is 46.0 Å². The molecule has 17 heavy (non-hydrogen) atoms. The molecular weight excluding hydrogens is 210 g/mol. The molecule has 1 N–H and O–H groups in total. The number of rotatable bonds is 4. The average molecular weight is 233 g/mol. The maximum atomic E-state index is 4.28. The Morgan fingerprint density at radius 3 is 2.82 bits per heavy atom. The third-order valence-corrected chi connectivity index (χ3v) is 3.66. The molecule has 0 saturated heterocycles. The SMILES string of the molecule is CC1CCC(CNc2cc(C(C)C)ncn2)C1. The van der Waals surface area contributed by atoms with Crippen molar-refractivity contribution in [3.8, 4) is 0 Å². The summed E-state index contributed by atoms with van der Waals surface area (Å²) in [6, 6.07) is 2.07. The highest BCUT2D eigenvalue weighted by Crippen LogP contribution is 2.30. The zero-order valence-electron chi connectivity index (χ0n) is 11.1. The lowest BCUT2D eigenvalue weighted by Gasteiger charge is -2.12. The van der Waals surface area contributed by atoms with Crippen molar-refractivity contribution >= 4 is 5.82 Å². The van der Waals surface area contributed by atoms with Gasteiger partial charge in [-0.25, -0.2) is 9.97 Å². The van der Waals surface area contributed by atoms with E-state index in [9.17, 15) is 0 Å². The quantitative estimate of drug-likeness (QED) is 0.865. The monoisotopic (exact) mass is 233 g/mol. The Bertz CT molecular complexity index is 362. The van der Waals surface area contributed by atoms with Gasteiger partial charge >= 0.3 is 0 Å². The molecule has 0 bridgehead atoms.